The van der Waals surface area contributed by atoms with Crippen LogP contribution in [0.3, 0.4) is 0 Å². The number of amides is 1. The summed E-state index contributed by atoms with van der Waals surface area (Å²) in [6, 6.07) is 2.02. The molecule has 1 unspecified atom stereocenters. The SMILES string of the molecule is CC(C)(C)C1CCc2sc(C(=O)NCCOCC(=O)O)cc2C1. The molecule has 1 aromatic heterocycles. The van der Waals surface area contributed by atoms with E-state index in [1.54, 1.807) is 11.3 Å². The van der Waals surface area contributed by atoms with E-state index in [1.807, 2.05) is 6.07 Å². The van der Waals surface area contributed by atoms with Crippen LogP contribution in [0.4, 0.5) is 0 Å². The summed E-state index contributed by atoms with van der Waals surface area (Å²) in [6.45, 7) is 7.02. The average Bonchev–Trinajstić information content (AvgIpc) is 2.88. The molecule has 0 radical (unpaired) electrons. The molecule has 1 amide bonds. The molecule has 1 aromatic rings. The molecule has 0 spiro atoms. The molecule has 1 aliphatic rings. The van der Waals surface area contributed by atoms with Crippen molar-refractivity contribution < 1.29 is 19.4 Å². The number of nitrogens with one attached hydrogen (secondary N) is 1. The first-order chi connectivity index (χ1) is 10.8. The molecule has 0 aliphatic heterocycles. The Morgan fingerprint density at radius 2 is 2.17 bits per heavy atom. The summed E-state index contributed by atoms with van der Waals surface area (Å²) >= 11 is 1.58. The summed E-state index contributed by atoms with van der Waals surface area (Å²) in [6.07, 6.45) is 3.28. The highest BCUT2D eigenvalue weighted by atomic mass is 32.1. The molecular weight excluding hydrogens is 314 g/mol. The van der Waals surface area contributed by atoms with Gasteiger partial charge >= 0.3 is 5.97 Å². The molecule has 6 heteroatoms. The number of ether oxygens (including phenoxy) is 1. The summed E-state index contributed by atoms with van der Waals surface area (Å²) < 4.78 is 4.90. The van der Waals surface area contributed by atoms with Gasteiger partial charge in [0.15, 0.2) is 0 Å². The predicted octanol–water partition coefficient (Wildman–Crippen LogP) is 2.73. The Morgan fingerprint density at radius 1 is 1.43 bits per heavy atom. The zero-order valence-corrected chi connectivity index (χ0v) is 14.8. The van der Waals surface area contributed by atoms with Crippen molar-refractivity contribution in [3.05, 3.63) is 21.4 Å². The Bertz CT molecular complexity index is 574. The van der Waals surface area contributed by atoms with Crippen LogP contribution in [0.2, 0.25) is 0 Å². The van der Waals surface area contributed by atoms with E-state index in [2.05, 4.69) is 26.1 Å². The summed E-state index contributed by atoms with van der Waals surface area (Å²) in [5, 5.41) is 11.2. The second-order valence-electron chi connectivity index (χ2n) is 7.07. The van der Waals surface area contributed by atoms with Crippen molar-refractivity contribution >= 4 is 23.2 Å². The number of carbonyl (C=O) groups is 2. The van der Waals surface area contributed by atoms with E-state index in [1.165, 1.54) is 16.9 Å². The van der Waals surface area contributed by atoms with E-state index in [-0.39, 0.29) is 19.1 Å². The Hall–Kier alpha value is -1.40. The fourth-order valence-corrected chi connectivity index (χ4v) is 3.98. The van der Waals surface area contributed by atoms with Crippen LogP contribution < -0.4 is 5.32 Å². The van der Waals surface area contributed by atoms with Gasteiger partial charge in [-0.2, -0.15) is 0 Å². The molecule has 1 aliphatic carbocycles. The maximum Gasteiger partial charge on any atom is 0.329 e. The molecule has 1 atom stereocenters. The lowest BCUT2D eigenvalue weighted by molar-refractivity contribution is -0.142. The molecule has 0 saturated heterocycles. The van der Waals surface area contributed by atoms with E-state index < -0.39 is 5.97 Å². The van der Waals surface area contributed by atoms with Gasteiger partial charge in [-0.15, -0.1) is 11.3 Å². The van der Waals surface area contributed by atoms with E-state index in [4.69, 9.17) is 9.84 Å². The Labute approximate surface area is 141 Å². The third-order valence-corrected chi connectivity index (χ3v) is 5.52. The molecule has 2 rings (SSSR count). The van der Waals surface area contributed by atoms with Crippen molar-refractivity contribution in [2.75, 3.05) is 19.8 Å². The van der Waals surface area contributed by atoms with Crippen LogP contribution in [0.25, 0.3) is 0 Å². The van der Waals surface area contributed by atoms with E-state index in [0.29, 0.717) is 17.9 Å². The second kappa shape index (κ2) is 7.45. The minimum atomic E-state index is -1.00. The normalized spacial score (nSPS) is 17.6. The van der Waals surface area contributed by atoms with Gasteiger partial charge in [-0.05, 0) is 42.2 Å². The lowest BCUT2D eigenvalue weighted by Crippen LogP contribution is -2.27. The van der Waals surface area contributed by atoms with Crippen molar-refractivity contribution in [2.24, 2.45) is 11.3 Å². The maximum atomic E-state index is 12.2. The number of aliphatic carboxylic acids is 1. The molecule has 5 nitrogen and oxygen atoms in total. The number of hydrogen-bond donors (Lipinski definition) is 2. The number of thiophene rings is 1. The quantitative estimate of drug-likeness (QED) is 0.782. The third kappa shape index (κ3) is 5.04. The van der Waals surface area contributed by atoms with Gasteiger partial charge < -0.3 is 15.2 Å². The Morgan fingerprint density at radius 3 is 2.83 bits per heavy atom. The highest BCUT2D eigenvalue weighted by Crippen LogP contribution is 2.40. The van der Waals surface area contributed by atoms with Crippen molar-refractivity contribution in [3.8, 4) is 0 Å². The number of carbonyl (C=O) groups excluding carboxylic acids is 1. The topological polar surface area (TPSA) is 75.6 Å². The molecule has 0 bridgehead atoms. The van der Waals surface area contributed by atoms with Gasteiger partial charge in [0.2, 0.25) is 0 Å². The minimum Gasteiger partial charge on any atom is -0.480 e. The van der Waals surface area contributed by atoms with Crippen LogP contribution in [-0.2, 0) is 22.4 Å². The number of aryl methyl sites for hydroxylation is 1. The van der Waals surface area contributed by atoms with Crippen molar-refractivity contribution in [2.45, 2.75) is 40.0 Å². The number of fused-ring (bicyclic) bond motifs is 1. The van der Waals surface area contributed by atoms with E-state index >= 15 is 0 Å². The largest absolute Gasteiger partial charge is 0.480 e. The number of carboxylic acids is 1. The summed E-state index contributed by atoms with van der Waals surface area (Å²) in [5.41, 5.74) is 1.61. The summed E-state index contributed by atoms with van der Waals surface area (Å²) in [5.74, 6) is -0.448. The van der Waals surface area contributed by atoms with Crippen LogP contribution in [-0.4, -0.2) is 36.7 Å². The van der Waals surface area contributed by atoms with Gasteiger partial charge in [-0.1, -0.05) is 20.8 Å². The summed E-state index contributed by atoms with van der Waals surface area (Å²) in [7, 11) is 0. The molecule has 2 N–H and O–H groups in total. The first kappa shape index (κ1) is 17.9. The average molecular weight is 339 g/mol. The smallest absolute Gasteiger partial charge is 0.329 e. The molecule has 23 heavy (non-hydrogen) atoms. The second-order valence-corrected chi connectivity index (χ2v) is 8.20. The molecule has 0 fully saturated rings. The van der Waals surface area contributed by atoms with E-state index in [0.717, 1.165) is 17.7 Å². The fraction of sp³-hybridized carbons (Fsp3) is 0.647. The lowest BCUT2D eigenvalue weighted by Gasteiger charge is -2.33. The molecular formula is C17H25NO4S. The Balaban J connectivity index is 1.87. The van der Waals surface area contributed by atoms with Crippen LogP contribution in [0.1, 0.15) is 47.3 Å². The van der Waals surface area contributed by atoms with Gasteiger partial charge in [-0.25, -0.2) is 4.79 Å². The number of hydrogen-bond acceptors (Lipinski definition) is 4. The van der Waals surface area contributed by atoms with Crippen molar-refractivity contribution in [1.82, 2.24) is 5.32 Å². The highest BCUT2D eigenvalue weighted by Gasteiger charge is 2.30. The fourth-order valence-electron chi connectivity index (χ4n) is 2.86. The lowest BCUT2D eigenvalue weighted by atomic mass is 9.72. The number of carboxylic acid groups (broad SMARTS) is 1. The van der Waals surface area contributed by atoms with Crippen molar-refractivity contribution in [1.29, 1.82) is 0 Å². The zero-order chi connectivity index (χ0) is 17.0. The van der Waals surface area contributed by atoms with Gasteiger partial charge in [0.25, 0.3) is 5.91 Å². The molecule has 0 saturated carbocycles. The standard InChI is InChI=1S/C17H25NO4S/c1-17(2,3)12-4-5-13-11(8-12)9-14(23-13)16(21)18-6-7-22-10-15(19)20/h9,12H,4-8,10H2,1-3H3,(H,18,21)(H,19,20). The van der Waals surface area contributed by atoms with Gasteiger partial charge in [0, 0.05) is 11.4 Å². The molecule has 128 valence electrons. The van der Waals surface area contributed by atoms with Crippen LogP contribution in [0, 0.1) is 11.3 Å². The van der Waals surface area contributed by atoms with Crippen LogP contribution >= 0.6 is 11.3 Å². The predicted molar refractivity (Wildman–Crippen MR) is 90.1 cm³/mol. The highest BCUT2D eigenvalue weighted by molar-refractivity contribution is 7.14. The van der Waals surface area contributed by atoms with Crippen molar-refractivity contribution in [3.63, 3.8) is 0 Å². The van der Waals surface area contributed by atoms with Crippen LogP contribution in [0.15, 0.2) is 6.07 Å². The monoisotopic (exact) mass is 339 g/mol. The van der Waals surface area contributed by atoms with Gasteiger partial charge in [-0.3, -0.25) is 4.79 Å². The zero-order valence-electron chi connectivity index (χ0n) is 14.0. The Kier molecular flexibility index (Phi) is 5.81. The van der Waals surface area contributed by atoms with Crippen LogP contribution in [0.5, 0.6) is 0 Å². The molecule has 0 aromatic carbocycles. The summed E-state index contributed by atoms with van der Waals surface area (Å²) in [4.78, 5) is 24.6. The molecule has 1 heterocycles. The first-order valence-corrected chi connectivity index (χ1v) is 8.78. The van der Waals surface area contributed by atoms with E-state index in [9.17, 15) is 9.59 Å². The minimum absolute atomic E-state index is 0.101. The first-order valence-electron chi connectivity index (χ1n) is 7.96. The third-order valence-electron chi connectivity index (χ3n) is 4.29. The van der Waals surface area contributed by atoms with Gasteiger partial charge in [0.1, 0.15) is 6.61 Å². The van der Waals surface area contributed by atoms with Gasteiger partial charge in [0.05, 0.1) is 11.5 Å². The number of rotatable bonds is 6. The maximum absolute atomic E-state index is 12.2.